The minimum absolute atomic E-state index is 0.174. The van der Waals surface area contributed by atoms with E-state index in [2.05, 4.69) is 15.4 Å². The van der Waals surface area contributed by atoms with Gasteiger partial charge in [-0.05, 0) is 32.9 Å². The smallest absolute Gasteiger partial charge is 0.271 e. The van der Waals surface area contributed by atoms with Crippen LogP contribution in [0.3, 0.4) is 0 Å². The Kier molecular flexibility index (Phi) is 3.33. The predicted octanol–water partition coefficient (Wildman–Crippen LogP) is 0.956. The first-order valence-electron chi connectivity index (χ1n) is 8.82. The van der Waals surface area contributed by atoms with Crippen LogP contribution < -0.4 is 11.0 Å². The van der Waals surface area contributed by atoms with Crippen LogP contribution in [0.15, 0.2) is 28.0 Å². The number of hydrogen-bond acceptors (Lipinski definition) is 8. The van der Waals surface area contributed by atoms with E-state index in [1.54, 1.807) is 10.7 Å². The first kappa shape index (κ1) is 16.8. The third-order valence-corrected chi connectivity index (χ3v) is 5.32. The molecule has 0 bridgehead atoms. The van der Waals surface area contributed by atoms with Crippen LogP contribution in [0.2, 0.25) is 0 Å². The summed E-state index contributed by atoms with van der Waals surface area (Å²) in [6, 6.07) is 5.05. The molecule has 27 heavy (non-hydrogen) atoms. The number of hydrogen-bond donors (Lipinski definition) is 2. The summed E-state index contributed by atoms with van der Waals surface area (Å²) in [5.41, 5.74) is 3.40. The van der Waals surface area contributed by atoms with E-state index in [0.717, 1.165) is 11.1 Å². The van der Waals surface area contributed by atoms with E-state index >= 15 is 0 Å². The van der Waals surface area contributed by atoms with E-state index in [1.165, 1.54) is 12.4 Å². The highest BCUT2D eigenvalue weighted by atomic mass is 16.8. The lowest BCUT2D eigenvalue weighted by Crippen LogP contribution is -2.41. The molecule has 0 radical (unpaired) electrons. The highest BCUT2D eigenvalue weighted by Gasteiger charge is 2.64. The third kappa shape index (κ3) is 2.29. The molecule has 1 unspecified atom stereocenters. The first-order chi connectivity index (χ1) is 12.8. The second-order valence-electron chi connectivity index (χ2n) is 7.66. The molecule has 2 fully saturated rings. The van der Waals surface area contributed by atoms with Crippen molar-refractivity contribution in [3.63, 3.8) is 0 Å². The second kappa shape index (κ2) is 5.35. The highest BCUT2D eigenvalue weighted by molar-refractivity contribution is 5.93. The second-order valence-corrected chi connectivity index (χ2v) is 7.66. The first-order valence-corrected chi connectivity index (χ1v) is 8.82. The Morgan fingerprint density at radius 3 is 2.93 bits per heavy atom. The molecule has 4 atom stereocenters. The molecule has 2 N–H and O–H groups in total. The monoisotopic (exact) mass is 372 g/mol. The van der Waals surface area contributed by atoms with Gasteiger partial charge in [0.05, 0.1) is 12.3 Å². The van der Waals surface area contributed by atoms with Gasteiger partial charge in [0.2, 0.25) is 0 Å². The van der Waals surface area contributed by atoms with Gasteiger partial charge in [-0.3, -0.25) is 14.9 Å². The number of aliphatic hydroxyl groups is 1. The van der Waals surface area contributed by atoms with Crippen LogP contribution in [0.1, 0.15) is 32.6 Å². The van der Waals surface area contributed by atoms with E-state index in [9.17, 15) is 9.90 Å². The lowest BCUT2D eigenvalue weighted by atomic mass is 9.91. The maximum absolute atomic E-state index is 11.8. The summed E-state index contributed by atoms with van der Waals surface area (Å²) in [7, 11) is 0. The van der Waals surface area contributed by atoms with Crippen LogP contribution in [0.5, 0.6) is 0 Å². The fraction of sp³-hybridized carbons (Fsp3) is 0.500. The molecule has 0 spiro atoms. The molecule has 3 aliphatic rings. The number of nitrogens with zero attached hydrogens (tertiary/aromatic N) is 3. The van der Waals surface area contributed by atoms with E-state index < -0.39 is 29.7 Å². The number of fused-ring (bicyclic) bond motifs is 1. The van der Waals surface area contributed by atoms with E-state index in [1.807, 2.05) is 26.8 Å². The molecule has 142 valence electrons. The molecule has 0 aromatic carbocycles. The van der Waals surface area contributed by atoms with Crippen molar-refractivity contribution in [1.82, 2.24) is 9.66 Å². The van der Waals surface area contributed by atoms with Crippen LogP contribution in [0.4, 0.5) is 5.82 Å². The van der Waals surface area contributed by atoms with Crippen LogP contribution in [-0.4, -0.2) is 51.3 Å². The van der Waals surface area contributed by atoms with Crippen molar-refractivity contribution in [2.24, 2.45) is 4.99 Å². The number of aliphatic hydroxyl groups excluding tert-OH is 1. The van der Waals surface area contributed by atoms with Crippen molar-refractivity contribution in [3.8, 4) is 0 Å². The summed E-state index contributed by atoms with van der Waals surface area (Å²) in [5, 5.41) is 10.6. The summed E-state index contributed by atoms with van der Waals surface area (Å²) >= 11 is 0. The Bertz CT molecular complexity index is 1030. The van der Waals surface area contributed by atoms with Crippen molar-refractivity contribution in [3.05, 3.63) is 34.2 Å². The molecular weight excluding hydrogens is 352 g/mol. The summed E-state index contributed by atoms with van der Waals surface area (Å²) in [4.78, 5) is 20.0. The lowest BCUT2D eigenvalue weighted by Gasteiger charge is -2.30. The lowest BCUT2D eigenvalue weighted by molar-refractivity contribution is -0.207. The van der Waals surface area contributed by atoms with Crippen molar-refractivity contribution in [1.29, 1.82) is 0 Å². The van der Waals surface area contributed by atoms with Gasteiger partial charge in [-0.25, -0.2) is 4.99 Å². The Morgan fingerprint density at radius 1 is 1.33 bits per heavy atom. The molecule has 3 aliphatic heterocycles. The zero-order valence-electron chi connectivity index (χ0n) is 15.2. The summed E-state index contributed by atoms with van der Waals surface area (Å²) in [6.45, 7) is 5.46. The molecule has 9 nitrogen and oxygen atoms in total. The van der Waals surface area contributed by atoms with Gasteiger partial charge in [-0.15, -0.1) is 0 Å². The molecule has 9 heteroatoms. The van der Waals surface area contributed by atoms with Crippen molar-refractivity contribution in [2.45, 2.75) is 50.5 Å². The Hall–Kier alpha value is -2.33. The van der Waals surface area contributed by atoms with Gasteiger partial charge in [-0.2, -0.15) is 4.98 Å². The Labute approximate surface area is 154 Å². The van der Waals surface area contributed by atoms with Crippen molar-refractivity contribution < 1.29 is 19.3 Å². The minimum atomic E-state index is -0.791. The molecule has 0 aliphatic carbocycles. The molecule has 0 saturated carbocycles. The Balaban J connectivity index is 1.70. The Morgan fingerprint density at radius 2 is 2.15 bits per heavy atom. The van der Waals surface area contributed by atoms with Crippen LogP contribution in [-0.2, 0) is 14.2 Å². The maximum Gasteiger partial charge on any atom is 0.271 e. The van der Waals surface area contributed by atoms with E-state index in [-0.39, 0.29) is 12.2 Å². The zero-order chi connectivity index (χ0) is 19.0. The van der Waals surface area contributed by atoms with E-state index in [4.69, 9.17) is 14.2 Å². The molecular formula is C18H20N4O5. The standard InChI is InChI=1S/C18H20N4O5/c1-17(2)26-15-11(7-23)25-14(18(15,3)27-17)10-6-9-4-5-12(24)21-16-13(9)22(10)20-8-19-16/h4-6,8,11,14-15,23H,7H2,1-3H3,(H,19,20,21,24)/t11?,14-,15+,18-/m0/s1. The normalized spacial score (nSPS) is 33.3. The minimum Gasteiger partial charge on any atom is -0.394 e. The fourth-order valence-electron chi connectivity index (χ4n) is 4.40. The maximum atomic E-state index is 11.8. The number of aliphatic imine (C=N–C) groups is 1. The SMILES string of the molecule is CC1(C)O[C@@H]2C(CO)O[C@@H](c3cc4ccc(=O)nc5c4n3NC=N5)[C@]2(C)O1. The van der Waals surface area contributed by atoms with Crippen molar-refractivity contribution in [2.75, 3.05) is 12.0 Å². The number of ether oxygens (including phenoxy) is 3. The largest absolute Gasteiger partial charge is 0.394 e. The third-order valence-electron chi connectivity index (χ3n) is 5.32. The van der Waals surface area contributed by atoms with Gasteiger partial charge in [0.1, 0.15) is 35.8 Å². The van der Waals surface area contributed by atoms with Crippen LogP contribution in [0, 0.1) is 0 Å². The summed E-state index contributed by atoms with van der Waals surface area (Å²) < 4.78 is 20.2. The van der Waals surface area contributed by atoms with Gasteiger partial charge >= 0.3 is 0 Å². The highest BCUT2D eigenvalue weighted by Crippen LogP contribution is 2.53. The van der Waals surface area contributed by atoms with Crippen molar-refractivity contribution >= 4 is 23.1 Å². The molecule has 2 aromatic heterocycles. The summed E-state index contributed by atoms with van der Waals surface area (Å²) in [6.07, 6.45) is 0.0587. The molecule has 2 saturated heterocycles. The zero-order valence-corrected chi connectivity index (χ0v) is 15.2. The van der Waals surface area contributed by atoms with E-state index in [0.29, 0.717) is 11.3 Å². The van der Waals surface area contributed by atoms with Gasteiger partial charge in [0, 0.05) is 11.5 Å². The fourth-order valence-corrected chi connectivity index (χ4v) is 4.40. The average Bonchev–Trinajstić information content (AvgIpc) is 3.12. The topological polar surface area (TPSA) is 107 Å². The number of nitrogens with one attached hydrogen (secondary N) is 1. The molecule has 0 amide bonds. The summed E-state index contributed by atoms with van der Waals surface area (Å²) in [5.74, 6) is -0.443. The van der Waals surface area contributed by atoms with Gasteiger partial charge in [0.25, 0.3) is 5.56 Å². The predicted molar refractivity (Wildman–Crippen MR) is 96.7 cm³/mol. The van der Waals surface area contributed by atoms with Gasteiger partial charge in [0.15, 0.2) is 11.6 Å². The number of rotatable bonds is 2. The van der Waals surface area contributed by atoms with Crippen LogP contribution in [0.25, 0.3) is 10.9 Å². The van der Waals surface area contributed by atoms with Gasteiger partial charge in [-0.1, -0.05) is 0 Å². The quantitative estimate of drug-likeness (QED) is 0.808. The van der Waals surface area contributed by atoms with Gasteiger partial charge < -0.3 is 19.3 Å². The number of aromatic nitrogens is 2. The molecule has 5 heterocycles. The molecule has 5 rings (SSSR count). The van der Waals surface area contributed by atoms with Crippen LogP contribution >= 0.6 is 0 Å². The molecule has 2 aromatic rings. The average molecular weight is 372 g/mol.